The van der Waals surface area contributed by atoms with Gasteiger partial charge < -0.3 is 9.15 Å². The molecule has 110 valence electrons. The third-order valence-electron chi connectivity index (χ3n) is 3.50. The number of ketones is 1. The van der Waals surface area contributed by atoms with Crippen LogP contribution in [0.3, 0.4) is 0 Å². The monoisotopic (exact) mass is 278 g/mol. The number of carbonyl (C=O) groups is 2. The molecule has 1 atom stereocenters. The molecule has 0 radical (unpaired) electrons. The molecule has 0 fully saturated rings. The highest BCUT2D eigenvalue weighted by Crippen LogP contribution is 2.29. The maximum atomic E-state index is 12.5. The molecular weight excluding hydrogens is 256 g/mol. The molecule has 1 aromatic rings. The van der Waals surface area contributed by atoms with E-state index in [-0.39, 0.29) is 18.8 Å². The zero-order chi connectivity index (χ0) is 15.2. The maximum absolute atomic E-state index is 12.5. The Bertz CT molecular complexity index is 486. The summed E-state index contributed by atoms with van der Waals surface area (Å²) in [6.45, 7) is 9.15. The Morgan fingerprint density at radius 3 is 2.65 bits per heavy atom. The van der Waals surface area contributed by atoms with E-state index in [0.29, 0.717) is 12.8 Å². The summed E-state index contributed by atoms with van der Waals surface area (Å²) in [4.78, 5) is 24.7. The van der Waals surface area contributed by atoms with Crippen molar-refractivity contribution in [1.82, 2.24) is 0 Å². The predicted molar refractivity (Wildman–Crippen MR) is 76.3 cm³/mol. The van der Waals surface area contributed by atoms with E-state index in [4.69, 9.17) is 9.15 Å². The van der Waals surface area contributed by atoms with E-state index in [1.165, 1.54) is 0 Å². The normalized spacial score (nSPS) is 13.6. The van der Waals surface area contributed by atoms with Crippen molar-refractivity contribution in [3.8, 4) is 0 Å². The molecule has 1 rings (SSSR count). The SMILES string of the molecule is C=CCCC(C)(C(=O)Cc1cocc1C)C(=O)OCC. The van der Waals surface area contributed by atoms with Crippen molar-refractivity contribution in [2.75, 3.05) is 6.61 Å². The van der Waals surface area contributed by atoms with Crippen LogP contribution in [0, 0.1) is 12.3 Å². The second-order valence-corrected chi connectivity index (χ2v) is 5.06. The highest BCUT2D eigenvalue weighted by molar-refractivity contribution is 6.04. The van der Waals surface area contributed by atoms with E-state index in [1.807, 2.05) is 6.92 Å². The van der Waals surface area contributed by atoms with E-state index in [9.17, 15) is 9.59 Å². The lowest BCUT2D eigenvalue weighted by atomic mass is 9.78. The van der Waals surface area contributed by atoms with Crippen molar-refractivity contribution in [2.45, 2.75) is 40.0 Å². The first-order valence-corrected chi connectivity index (χ1v) is 6.78. The van der Waals surface area contributed by atoms with Gasteiger partial charge in [-0.15, -0.1) is 6.58 Å². The number of hydrogen-bond donors (Lipinski definition) is 0. The third-order valence-corrected chi connectivity index (χ3v) is 3.50. The van der Waals surface area contributed by atoms with Gasteiger partial charge in [-0.2, -0.15) is 0 Å². The van der Waals surface area contributed by atoms with Crippen LogP contribution in [0.15, 0.2) is 29.6 Å². The molecule has 0 saturated carbocycles. The molecule has 0 aromatic carbocycles. The number of aryl methyl sites for hydroxylation is 1. The lowest BCUT2D eigenvalue weighted by Crippen LogP contribution is -2.39. The van der Waals surface area contributed by atoms with Crippen LogP contribution in [0.25, 0.3) is 0 Å². The lowest BCUT2D eigenvalue weighted by molar-refractivity contribution is -0.159. The summed E-state index contributed by atoms with van der Waals surface area (Å²) in [6, 6.07) is 0. The van der Waals surface area contributed by atoms with Crippen LogP contribution in [0.2, 0.25) is 0 Å². The van der Waals surface area contributed by atoms with Gasteiger partial charge in [0.2, 0.25) is 0 Å². The van der Waals surface area contributed by atoms with Gasteiger partial charge in [0.25, 0.3) is 0 Å². The highest BCUT2D eigenvalue weighted by Gasteiger charge is 2.41. The summed E-state index contributed by atoms with van der Waals surface area (Å²) in [5, 5.41) is 0. The standard InChI is InChI=1S/C16H22O4/c1-5-7-8-16(4,15(18)20-6-2)14(17)9-13-11-19-10-12(13)3/h5,10-11H,1,6-9H2,2-4H3. The molecule has 0 amide bonds. The number of hydrogen-bond acceptors (Lipinski definition) is 4. The molecule has 0 bridgehead atoms. The van der Waals surface area contributed by atoms with E-state index in [1.54, 1.807) is 32.4 Å². The predicted octanol–water partition coefficient (Wildman–Crippen LogP) is 3.24. The third kappa shape index (κ3) is 3.59. The molecule has 4 nitrogen and oxygen atoms in total. The number of carbonyl (C=O) groups excluding carboxylic acids is 2. The zero-order valence-electron chi connectivity index (χ0n) is 12.4. The Morgan fingerprint density at radius 2 is 2.15 bits per heavy atom. The molecule has 0 saturated heterocycles. The van der Waals surface area contributed by atoms with Crippen LogP contribution in [0.4, 0.5) is 0 Å². The van der Waals surface area contributed by atoms with E-state index < -0.39 is 11.4 Å². The molecule has 1 aromatic heterocycles. The average Bonchev–Trinajstić information content (AvgIpc) is 2.81. The van der Waals surface area contributed by atoms with Gasteiger partial charge in [-0.25, -0.2) is 0 Å². The molecular formula is C16H22O4. The molecule has 1 unspecified atom stereocenters. The van der Waals surface area contributed by atoms with Crippen molar-refractivity contribution in [2.24, 2.45) is 5.41 Å². The number of Topliss-reactive ketones (excluding diaryl/α,β-unsaturated/α-hetero) is 1. The quantitative estimate of drug-likeness (QED) is 0.416. The van der Waals surface area contributed by atoms with Crippen molar-refractivity contribution in [3.05, 3.63) is 36.3 Å². The molecule has 0 N–H and O–H groups in total. The average molecular weight is 278 g/mol. The molecule has 0 spiro atoms. The molecule has 0 aliphatic heterocycles. The van der Waals surface area contributed by atoms with E-state index >= 15 is 0 Å². The van der Waals surface area contributed by atoms with Crippen molar-refractivity contribution < 1.29 is 18.7 Å². The molecule has 20 heavy (non-hydrogen) atoms. The minimum absolute atomic E-state index is 0.151. The zero-order valence-corrected chi connectivity index (χ0v) is 12.4. The Morgan fingerprint density at radius 1 is 1.45 bits per heavy atom. The lowest BCUT2D eigenvalue weighted by Gasteiger charge is -2.25. The highest BCUT2D eigenvalue weighted by atomic mass is 16.5. The van der Waals surface area contributed by atoms with Crippen LogP contribution in [0.1, 0.15) is 37.8 Å². The Kier molecular flexibility index (Phi) is 5.74. The minimum atomic E-state index is -1.13. The smallest absolute Gasteiger partial charge is 0.319 e. The second-order valence-electron chi connectivity index (χ2n) is 5.06. The van der Waals surface area contributed by atoms with Gasteiger partial charge in [-0.3, -0.25) is 9.59 Å². The molecule has 0 aliphatic carbocycles. The first-order valence-electron chi connectivity index (χ1n) is 6.78. The number of esters is 1. The fourth-order valence-corrected chi connectivity index (χ4v) is 1.97. The van der Waals surface area contributed by atoms with Gasteiger partial charge in [0, 0.05) is 12.0 Å². The number of ether oxygens (including phenoxy) is 1. The first kappa shape index (κ1) is 16.2. The van der Waals surface area contributed by atoms with Crippen molar-refractivity contribution in [1.29, 1.82) is 0 Å². The van der Waals surface area contributed by atoms with Gasteiger partial charge in [0.1, 0.15) is 5.41 Å². The van der Waals surface area contributed by atoms with Crippen LogP contribution in [-0.2, 0) is 20.7 Å². The van der Waals surface area contributed by atoms with Gasteiger partial charge in [0.15, 0.2) is 5.78 Å². The second kappa shape index (κ2) is 7.08. The number of rotatable bonds is 8. The first-order chi connectivity index (χ1) is 9.45. The van der Waals surface area contributed by atoms with Crippen molar-refractivity contribution >= 4 is 11.8 Å². The molecule has 4 heteroatoms. The van der Waals surface area contributed by atoms with Crippen molar-refractivity contribution in [3.63, 3.8) is 0 Å². The number of furan rings is 1. The minimum Gasteiger partial charge on any atom is -0.472 e. The van der Waals surface area contributed by atoms with Gasteiger partial charge in [-0.05, 0) is 39.2 Å². The van der Waals surface area contributed by atoms with Gasteiger partial charge in [0.05, 0.1) is 19.1 Å². The maximum Gasteiger partial charge on any atom is 0.319 e. The fourth-order valence-electron chi connectivity index (χ4n) is 1.97. The Hall–Kier alpha value is -1.84. The summed E-state index contributed by atoms with van der Waals surface area (Å²) >= 11 is 0. The largest absolute Gasteiger partial charge is 0.472 e. The molecule has 1 heterocycles. The van der Waals surface area contributed by atoms with Crippen LogP contribution in [0.5, 0.6) is 0 Å². The topological polar surface area (TPSA) is 56.5 Å². The number of allylic oxidation sites excluding steroid dienone is 1. The summed E-state index contributed by atoms with van der Waals surface area (Å²) < 4.78 is 10.1. The van der Waals surface area contributed by atoms with Crippen LogP contribution >= 0.6 is 0 Å². The summed E-state index contributed by atoms with van der Waals surface area (Å²) in [6.07, 6.45) is 6.01. The van der Waals surface area contributed by atoms with Gasteiger partial charge in [-0.1, -0.05) is 6.08 Å². The van der Waals surface area contributed by atoms with E-state index in [2.05, 4.69) is 6.58 Å². The molecule has 0 aliphatic rings. The summed E-state index contributed by atoms with van der Waals surface area (Å²) in [5.74, 6) is -0.615. The van der Waals surface area contributed by atoms with Crippen LogP contribution < -0.4 is 0 Å². The fraction of sp³-hybridized carbons (Fsp3) is 0.500. The summed E-state index contributed by atoms with van der Waals surface area (Å²) in [7, 11) is 0. The van der Waals surface area contributed by atoms with E-state index in [0.717, 1.165) is 11.1 Å². The Labute approximate surface area is 119 Å². The van der Waals surface area contributed by atoms with Gasteiger partial charge >= 0.3 is 5.97 Å². The van der Waals surface area contributed by atoms with Crippen LogP contribution in [-0.4, -0.2) is 18.4 Å². The summed E-state index contributed by atoms with van der Waals surface area (Å²) in [5.41, 5.74) is 0.589. The Balaban J connectivity index is 2.91.